The lowest BCUT2D eigenvalue weighted by atomic mass is 10.0. The van der Waals surface area contributed by atoms with Gasteiger partial charge in [0.25, 0.3) is 10.0 Å². The second kappa shape index (κ2) is 12.8. The fraction of sp³-hybridized carbons (Fsp3) is 0.207. The summed E-state index contributed by atoms with van der Waals surface area (Å²) in [5.41, 5.74) is 3.52. The van der Waals surface area contributed by atoms with Crippen LogP contribution < -0.4 is 10.0 Å². The zero-order valence-corrected chi connectivity index (χ0v) is 23.4. The van der Waals surface area contributed by atoms with Gasteiger partial charge in [0.1, 0.15) is 16.5 Å². The molecule has 0 unspecified atom stereocenters. The van der Waals surface area contributed by atoms with Gasteiger partial charge in [-0.1, -0.05) is 79.7 Å². The molecule has 0 aliphatic carbocycles. The molecule has 0 radical (unpaired) electrons. The van der Waals surface area contributed by atoms with E-state index in [0.717, 1.165) is 36.1 Å². The minimum Gasteiger partial charge on any atom is -0.333 e. The SMILES string of the molecule is CCCc1nc(SC)c(C=O)n1Cc1ccc(-c2ccccc2S(=O)(=O)NC(=O)NCc2ccccc2)cc1. The second-order valence-corrected chi connectivity index (χ2v) is 11.3. The first-order valence-corrected chi connectivity index (χ1v) is 15.2. The molecule has 0 aliphatic heterocycles. The minimum atomic E-state index is -4.14. The third kappa shape index (κ3) is 6.76. The molecule has 0 aliphatic rings. The van der Waals surface area contributed by atoms with Gasteiger partial charge in [0, 0.05) is 25.1 Å². The molecular weight excluding hydrogens is 532 g/mol. The van der Waals surface area contributed by atoms with Crippen molar-refractivity contribution in [2.24, 2.45) is 0 Å². The molecule has 8 nitrogen and oxygen atoms in total. The Bertz CT molecular complexity index is 1550. The third-order valence-corrected chi connectivity index (χ3v) is 8.21. The average molecular weight is 563 g/mol. The lowest BCUT2D eigenvalue weighted by molar-refractivity contribution is 0.111. The summed E-state index contributed by atoms with van der Waals surface area (Å²) in [6.45, 7) is 2.74. The van der Waals surface area contributed by atoms with E-state index in [9.17, 15) is 18.0 Å². The summed E-state index contributed by atoms with van der Waals surface area (Å²) in [5, 5.41) is 3.29. The van der Waals surface area contributed by atoms with Crippen LogP contribution in [0.2, 0.25) is 0 Å². The zero-order chi connectivity index (χ0) is 27.8. The van der Waals surface area contributed by atoms with Gasteiger partial charge in [0.2, 0.25) is 0 Å². The molecule has 0 atom stereocenters. The molecule has 4 aromatic rings. The van der Waals surface area contributed by atoms with Crippen molar-refractivity contribution in [2.45, 2.75) is 42.8 Å². The number of thioether (sulfide) groups is 1. The number of urea groups is 1. The van der Waals surface area contributed by atoms with Crippen LogP contribution in [0.1, 0.15) is 40.8 Å². The van der Waals surface area contributed by atoms with Crippen LogP contribution in [0, 0.1) is 0 Å². The number of nitrogens with one attached hydrogen (secondary N) is 2. The van der Waals surface area contributed by atoms with Crippen LogP contribution in [-0.4, -0.2) is 36.5 Å². The summed E-state index contributed by atoms with van der Waals surface area (Å²) in [4.78, 5) is 28.8. The Kier molecular flexibility index (Phi) is 9.21. The highest BCUT2D eigenvalue weighted by Gasteiger charge is 2.22. The molecule has 202 valence electrons. The van der Waals surface area contributed by atoms with Crippen molar-refractivity contribution in [1.29, 1.82) is 0 Å². The molecule has 1 aromatic heterocycles. The van der Waals surface area contributed by atoms with Crippen LogP contribution in [0.5, 0.6) is 0 Å². The maximum absolute atomic E-state index is 13.1. The number of benzene rings is 3. The van der Waals surface area contributed by atoms with Crippen LogP contribution in [0.3, 0.4) is 0 Å². The number of sulfonamides is 1. The molecule has 2 amide bonds. The number of nitrogens with zero attached hydrogens (tertiary/aromatic N) is 2. The number of imidazole rings is 1. The summed E-state index contributed by atoms with van der Waals surface area (Å²) in [6, 6.07) is 22.5. The van der Waals surface area contributed by atoms with Gasteiger partial charge >= 0.3 is 6.03 Å². The van der Waals surface area contributed by atoms with Gasteiger partial charge in [-0.05, 0) is 35.4 Å². The van der Waals surface area contributed by atoms with Crippen LogP contribution in [-0.2, 0) is 29.5 Å². The van der Waals surface area contributed by atoms with Gasteiger partial charge in [-0.3, -0.25) is 4.79 Å². The Morgan fingerprint density at radius 1 is 0.974 bits per heavy atom. The highest BCUT2D eigenvalue weighted by molar-refractivity contribution is 7.98. The van der Waals surface area contributed by atoms with Crippen molar-refractivity contribution >= 4 is 34.1 Å². The normalized spacial score (nSPS) is 11.2. The molecule has 0 saturated heterocycles. The largest absolute Gasteiger partial charge is 0.333 e. The maximum Gasteiger partial charge on any atom is 0.328 e. The predicted molar refractivity (Wildman–Crippen MR) is 153 cm³/mol. The Balaban J connectivity index is 1.54. The molecule has 0 fully saturated rings. The van der Waals surface area contributed by atoms with Crippen LogP contribution in [0.4, 0.5) is 4.79 Å². The number of hydrogen-bond donors (Lipinski definition) is 2. The third-order valence-electron chi connectivity index (χ3n) is 6.14. The summed E-state index contributed by atoms with van der Waals surface area (Å²) >= 11 is 1.45. The molecule has 0 saturated carbocycles. The maximum atomic E-state index is 13.1. The lowest BCUT2D eigenvalue weighted by Crippen LogP contribution is -2.39. The van der Waals surface area contributed by atoms with Crippen LogP contribution in [0.25, 0.3) is 11.1 Å². The number of aromatic nitrogens is 2. The fourth-order valence-corrected chi connectivity index (χ4v) is 5.97. The summed E-state index contributed by atoms with van der Waals surface area (Å²) < 4.78 is 30.3. The summed E-state index contributed by atoms with van der Waals surface area (Å²) in [5.74, 6) is 0.862. The van der Waals surface area contributed by atoms with E-state index in [1.54, 1.807) is 18.2 Å². The van der Waals surface area contributed by atoms with Crippen LogP contribution in [0.15, 0.2) is 88.8 Å². The first-order chi connectivity index (χ1) is 18.9. The van der Waals surface area contributed by atoms with E-state index in [1.165, 1.54) is 17.8 Å². The monoisotopic (exact) mass is 562 g/mol. The highest BCUT2D eigenvalue weighted by atomic mass is 32.2. The smallest absolute Gasteiger partial charge is 0.328 e. The molecule has 10 heteroatoms. The highest BCUT2D eigenvalue weighted by Crippen LogP contribution is 2.28. The number of carbonyl (C=O) groups excluding carboxylic acids is 2. The van der Waals surface area contributed by atoms with E-state index >= 15 is 0 Å². The average Bonchev–Trinajstić information content (AvgIpc) is 3.28. The quantitative estimate of drug-likeness (QED) is 0.190. The van der Waals surface area contributed by atoms with Crippen molar-refractivity contribution in [2.75, 3.05) is 6.26 Å². The van der Waals surface area contributed by atoms with E-state index in [1.807, 2.05) is 65.4 Å². The first-order valence-electron chi connectivity index (χ1n) is 12.5. The number of aldehydes is 1. The first kappa shape index (κ1) is 28.1. The lowest BCUT2D eigenvalue weighted by Gasteiger charge is -2.14. The molecular formula is C29H30N4O4S2. The number of aryl methyl sites for hydroxylation is 1. The number of carbonyl (C=O) groups is 2. The van der Waals surface area contributed by atoms with Gasteiger partial charge in [0.05, 0.1) is 4.90 Å². The van der Waals surface area contributed by atoms with Crippen molar-refractivity contribution in [3.05, 3.63) is 102 Å². The van der Waals surface area contributed by atoms with Gasteiger partial charge in [-0.15, -0.1) is 11.8 Å². The van der Waals surface area contributed by atoms with Gasteiger partial charge in [0.15, 0.2) is 6.29 Å². The Labute approximate surface area is 232 Å². The molecule has 0 spiro atoms. The number of rotatable bonds is 11. The van der Waals surface area contributed by atoms with E-state index in [2.05, 4.69) is 21.9 Å². The van der Waals surface area contributed by atoms with E-state index in [-0.39, 0.29) is 11.4 Å². The van der Waals surface area contributed by atoms with Gasteiger partial charge < -0.3 is 9.88 Å². The Morgan fingerprint density at radius 2 is 1.67 bits per heavy atom. The number of hydrogen-bond acceptors (Lipinski definition) is 6. The van der Waals surface area contributed by atoms with Gasteiger partial charge in [-0.25, -0.2) is 22.9 Å². The molecule has 4 rings (SSSR count). The molecule has 3 aromatic carbocycles. The van der Waals surface area contributed by atoms with Crippen molar-refractivity contribution < 1.29 is 18.0 Å². The fourth-order valence-electron chi connectivity index (χ4n) is 4.25. The van der Waals surface area contributed by atoms with E-state index in [4.69, 9.17) is 0 Å². The van der Waals surface area contributed by atoms with E-state index < -0.39 is 16.1 Å². The van der Waals surface area contributed by atoms with Crippen LogP contribution >= 0.6 is 11.8 Å². The Morgan fingerprint density at radius 3 is 2.33 bits per heavy atom. The second-order valence-electron chi connectivity index (χ2n) is 8.84. The standard InChI is InChI=1S/C29H30N4O4S2/c1-3-9-27-31-28(38-2)25(20-34)33(27)19-22-14-16-23(17-15-22)24-12-7-8-13-26(24)39(36,37)32-29(35)30-18-21-10-5-4-6-11-21/h4-8,10-17,20H,3,9,18-19H2,1-2H3,(H2,30,32,35). The predicted octanol–water partition coefficient (Wildman–Crippen LogP) is 5.27. The summed E-state index contributed by atoms with van der Waals surface area (Å²) in [7, 11) is -4.14. The van der Waals surface area contributed by atoms with Crippen molar-refractivity contribution in [3.63, 3.8) is 0 Å². The molecule has 0 bridgehead atoms. The molecule has 1 heterocycles. The van der Waals surface area contributed by atoms with Crippen molar-refractivity contribution in [1.82, 2.24) is 19.6 Å². The zero-order valence-electron chi connectivity index (χ0n) is 21.8. The molecule has 2 N–H and O–H groups in total. The van der Waals surface area contributed by atoms with Crippen molar-refractivity contribution in [3.8, 4) is 11.1 Å². The minimum absolute atomic E-state index is 0.000284. The number of amides is 2. The Hall–Kier alpha value is -3.89. The summed E-state index contributed by atoms with van der Waals surface area (Å²) in [6.07, 6.45) is 4.41. The topological polar surface area (TPSA) is 110 Å². The van der Waals surface area contributed by atoms with Gasteiger partial charge in [-0.2, -0.15) is 0 Å². The van der Waals surface area contributed by atoms with E-state index in [0.29, 0.717) is 28.4 Å². The molecule has 39 heavy (non-hydrogen) atoms.